The van der Waals surface area contributed by atoms with E-state index in [1.54, 1.807) is 109 Å². The van der Waals surface area contributed by atoms with E-state index >= 15 is 0 Å². The number of phenolic OH excluding ortho intramolecular Hbond substituents is 9. The van der Waals surface area contributed by atoms with Gasteiger partial charge in [-0.2, -0.15) is 0 Å². The largest absolute Gasteiger partial charge is 0.508 e. The molecular weight excluding hydrogens is 889 g/mol. The molecule has 0 bridgehead atoms. The summed E-state index contributed by atoms with van der Waals surface area (Å²) in [6.45, 7) is 2.30. The summed E-state index contributed by atoms with van der Waals surface area (Å²) in [5.41, 5.74) is 7.16. The first-order chi connectivity index (χ1) is 33.8. The van der Waals surface area contributed by atoms with Gasteiger partial charge in [0.25, 0.3) is 0 Å². The monoisotopic (exact) mass is 934 g/mol. The van der Waals surface area contributed by atoms with E-state index in [-0.39, 0.29) is 51.7 Å². The molecule has 2 aliphatic heterocycles. The molecule has 12 rings (SSSR count). The lowest BCUT2D eigenvalue weighted by atomic mass is 9.62. The van der Waals surface area contributed by atoms with Gasteiger partial charge in [-0.15, -0.1) is 0 Å². The van der Waals surface area contributed by atoms with Crippen molar-refractivity contribution in [1.29, 1.82) is 0 Å². The van der Waals surface area contributed by atoms with Gasteiger partial charge in [0.05, 0.1) is 18.4 Å². The lowest BCUT2D eigenvalue weighted by molar-refractivity contribution is 0.221. The smallest absolute Gasteiger partial charge is 0.135 e. The average molecular weight is 935 g/mol. The van der Waals surface area contributed by atoms with Crippen LogP contribution in [0.15, 0.2) is 146 Å². The number of hydrogen-bond donors (Lipinski definition) is 9. The predicted octanol–water partition coefficient (Wildman–Crippen LogP) is 11.1. The van der Waals surface area contributed by atoms with E-state index in [1.165, 1.54) is 12.1 Å². The van der Waals surface area contributed by atoms with Crippen LogP contribution in [-0.4, -0.2) is 52.6 Å². The highest BCUT2D eigenvalue weighted by atomic mass is 16.5. The number of phenols is 9. The Kier molecular flexibility index (Phi) is 9.75. The average Bonchev–Trinajstić information content (AvgIpc) is 3.83. The van der Waals surface area contributed by atoms with Crippen molar-refractivity contribution in [2.75, 3.05) is 6.61 Å². The zero-order chi connectivity index (χ0) is 48.3. The molecular formula is C58H46O12. The summed E-state index contributed by atoms with van der Waals surface area (Å²) >= 11 is 0. The van der Waals surface area contributed by atoms with Gasteiger partial charge < -0.3 is 60.2 Å². The molecule has 70 heavy (non-hydrogen) atoms. The van der Waals surface area contributed by atoms with Crippen LogP contribution >= 0.6 is 0 Å². The first-order valence-corrected chi connectivity index (χ1v) is 23.1. The molecule has 8 aromatic carbocycles. The molecule has 0 radical (unpaired) electrons. The van der Waals surface area contributed by atoms with Gasteiger partial charge in [-0.1, -0.05) is 48.5 Å². The maximum atomic E-state index is 12.6. The molecule has 350 valence electrons. The zero-order valence-corrected chi connectivity index (χ0v) is 37.4. The number of aromatic hydroxyl groups is 9. The normalized spacial score (nSPS) is 22.3. The van der Waals surface area contributed by atoms with E-state index in [4.69, 9.17) is 14.2 Å². The van der Waals surface area contributed by atoms with Crippen LogP contribution in [0.4, 0.5) is 0 Å². The van der Waals surface area contributed by atoms with Gasteiger partial charge in [-0.05, 0) is 124 Å². The van der Waals surface area contributed by atoms with Crippen molar-refractivity contribution >= 4 is 0 Å². The van der Waals surface area contributed by atoms with Crippen molar-refractivity contribution in [3.63, 3.8) is 0 Å². The van der Waals surface area contributed by atoms with Crippen LogP contribution in [0.25, 0.3) is 0 Å². The third-order valence-corrected chi connectivity index (χ3v) is 14.8. The molecule has 0 saturated heterocycles. The first-order valence-electron chi connectivity index (χ1n) is 23.1. The topological polar surface area (TPSA) is 210 Å². The highest BCUT2D eigenvalue weighted by molar-refractivity contribution is 5.71. The van der Waals surface area contributed by atoms with Gasteiger partial charge in [0.15, 0.2) is 0 Å². The Bertz CT molecular complexity index is 3370. The lowest BCUT2D eigenvalue weighted by Crippen LogP contribution is -2.26. The van der Waals surface area contributed by atoms with Crippen LogP contribution in [0.2, 0.25) is 0 Å². The number of hydrogen-bond acceptors (Lipinski definition) is 12. The quantitative estimate of drug-likeness (QED) is 0.0731. The van der Waals surface area contributed by atoms with Gasteiger partial charge in [0, 0.05) is 70.2 Å². The Labute approximate surface area is 401 Å². The molecule has 0 aromatic heterocycles. The SMILES string of the molecule is CCOc1ccc([C@H]2c3c(O)cc(O)cc3[C@@H]3c4c(cc(O)cc4[C@@H]2[C@H]2c4cc(O)cc5c4[C@@H](c4cc(O)cc(O)c4[C@@H]2c2ccc(O)cc2)[C@H](c2ccc(O)cc2)O5)O[C@H]3c2ccc(O)cc2)cc1. The van der Waals surface area contributed by atoms with E-state index in [0.717, 1.165) is 0 Å². The third kappa shape index (κ3) is 6.65. The molecule has 9 N–H and O–H groups in total. The maximum Gasteiger partial charge on any atom is 0.135 e. The Morgan fingerprint density at radius 1 is 0.357 bits per heavy atom. The van der Waals surface area contributed by atoms with Gasteiger partial charge in [0.1, 0.15) is 81.2 Å². The molecule has 4 aliphatic rings. The minimum absolute atomic E-state index is 0.00403. The van der Waals surface area contributed by atoms with Crippen molar-refractivity contribution in [2.45, 2.75) is 54.6 Å². The van der Waals surface area contributed by atoms with Gasteiger partial charge in [-0.25, -0.2) is 0 Å². The summed E-state index contributed by atoms with van der Waals surface area (Å²) in [6.07, 6.45) is -1.59. The standard InChI is InChI=1S/C58H46O12/c1-2-68-38-17-9-28(10-18-38)48-50-40(20-35(63)24-44(50)67)56-52-42(22-37(65)26-46(52)70-58(56)30-7-15-33(61)16-8-30)54(48)53-41-21-36(64)25-45-51(41)55(57(69-45)29-5-13-32(60)14-6-29)39-19-34(62)23-43(66)49(39)47(53)27-3-11-31(59)12-4-27/h3-26,47-48,53-67H,2H2,1H3/t47-,48-,53-,54-,55+,56+,57-,58-/m0/s1. The second-order valence-electron chi connectivity index (χ2n) is 18.6. The summed E-state index contributed by atoms with van der Waals surface area (Å²) in [4.78, 5) is 0. The molecule has 8 atom stereocenters. The summed E-state index contributed by atoms with van der Waals surface area (Å²) < 4.78 is 19.7. The summed E-state index contributed by atoms with van der Waals surface area (Å²) in [6, 6.07) is 39.8. The fraction of sp³-hybridized carbons (Fsp3) is 0.172. The third-order valence-electron chi connectivity index (χ3n) is 14.8. The van der Waals surface area contributed by atoms with Crippen molar-refractivity contribution < 1.29 is 60.2 Å². The summed E-state index contributed by atoms with van der Waals surface area (Å²) in [7, 11) is 0. The summed E-state index contributed by atoms with van der Waals surface area (Å²) in [5.74, 6) is -4.66. The second-order valence-corrected chi connectivity index (χ2v) is 18.6. The highest BCUT2D eigenvalue weighted by Crippen LogP contribution is 2.69. The van der Waals surface area contributed by atoms with Crippen molar-refractivity contribution in [1.82, 2.24) is 0 Å². The molecule has 2 heterocycles. The molecule has 2 aliphatic carbocycles. The van der Waals surface area contributed by atoms with Crippen molar-refractivity contribution in [3.05, 3.63) is 212 Å². The molecule has 0 spiro atoms. The van der Waals surface area contributed by atoms with Crippen LogP contribution in [-0.2, 0) is 0 Å². The summed E-state index contributed by atoms with van der Waals surface area (Å²) in [5, 5.41) is 104. The fourth-order valence-electron chi connectivity index (χ4n) is 12.2. The van der Waals surface area contributed by atoms with Crippen molar-refractivity contribution in [2.24, 2.45) is 0 Å². The molecule has 8 aromatic rings. The molecule has 0 unspecified atom stereocenters. The van der Waals surface area contributed by atoms with E-state index in [2.05, 4.69) is 0 Å². The lowest BCUT2D eigenvalue weighted by Gasteiger charge is -2.40. The number of fused-ring (bicyclic) bond motifs is 4. The van der Waals surface area contributed by atoms with Gasteiger partial charge in [0.2, 0.25) is 0 Å². The molecule has 12 heteroatoms. The first kappa shape index (κ1) is 42.7. The molecule has 0 amide bonds. The second kappa shape index (κ2) is 16.0. The molecule has 0 saturated carbocycles. The Hall–Kier alpha value is -8.64. The number of ether oxygens (including phenoxy) is 3. The Balaban J connectivity index is 1.25. The predicted molar refractivity (Wildman–Crippen MR) is 257 cm³/mol. The van der Waals surface area contributed by atoms with Crippen LogP contribution in [0.1, 0.15) is 121 Å². The van der Waals surface area contributed by atoms with Crippen LogP contribution < -0.4 is 14.2 Å². The molecule has 0 fully saturated rings. The van der Waals surface area contributed by atoms with Crippen molar-refractivity contribution in [3.8, 4) is 69.0 Å². The number of rotatable bonds is 7. The van der Waals surface area contributed by atoms with Gasteiger partial charge >= 0.3 is 0 Å². The van der Waals surface area contributed by atoms with Crippen LogP contribution in [0, 0.1) is 0 Å². The minimum Gasteiger partial charge on any atom is -0.508 e. The Morgan fingerprint density at radius 2 is 0.700 bits per heavy atom. The van der Waals surface area contributed by atoms with E-state index < -0.39 is 47.7 Å². The van der Waals surface area contributed by atoms with E-state index in [1.807, 2.05) is 31.2 Å². The van der Waals surface area contributed by atoms with Crippen LogP contribution in [0.5, 0.6) is 69.0 Å². The molecule has 12 nitrogen and oxygen atoms in total. The van der Waals surface area contributed by atoms with Gasteiger partial charge in [-0.3, -0.25) is 0 Å². The van der Waals surface area contributed by atoms with Crippen LogP contribution in [0.3, 0.4) is 0 Å². The maximum absolute atomic E-state index is 12.6. The highest BCUT2D eigenvalue weighted by Gasteiger charge is 2.55. The van der Waals surface area contributed by atoms with E-state index in [9.17, 15) is 46.0 Å². The van der Waals surface area contributed by atoms with E-state index in [0.29, 0.717) is 90.6 Å². The Morgan fingerprint density at radius 3 is 1.09 bits per heavy atom. The zero-order valence-electron chi connectivity index (χ0n) is 37.4. The minimum atomic E-state index is -0.887. The number of benzene rings is 8. The fourth-order valence-corrected chi connectivity index (χ4v) is 12.2.